The number of hydrogen-bond acceptors (Lipinski definition) is 5. The molecule has 0 radical (unpaired) electrons. The van der Waals surface area contributed by atoms with Crippen molar-refractivity contribution in [3.8, 4) is 5.75 Å². The molecule has 8 nitrogen and oxygen atoms in total. The topological polar surface area (TPSA) is 96.0 Å². The standard InChI is InChI=1S/C38H45N3O5S/c1-6-7-23-39-38(43)35(25-31-14-9-8-10-15-31)40(26-32-16-12-11-13-30(32)4)37(42)27-41(34-24-29(3)19-22-36(34)46-5)47(44,45)33-20-17-28(2)18-21-33/h8-22,24,35H,6-7,23,25-27H2,1-5H3,(H,39,43)/t35-/m1/s1. The maximum absolute atomic E-state index is 14.7. The number of benzene rings is 4. The summed E-state index contributed by atoms with van der Waals surface area (Å²) >= 11 is 0. The van der Waals surface area contributed by atoms with Crippen LogP contribution in [0.25, 0.3) is 0 Å². The summed E-state index contributed by atoms with van der Waals surface area (Å²) in [5.74, 6) is -0.493. The normalized spacial score (nSPS) is 11.9. The molecule has 1 N–H and O–H groups in total. The van der Waals surface area contributed by atoms with Crippen molar-refractivity contribution >= 4 is 27.5 Å². The number of sulfonamides is 1. The molecule has 0 bridgehead atoms. The molecule has 4 rings (SSSR count). The van der Waals surface area contributed by atoms with Gasteiger partial charge in [0.25, 0.3) is 10.0 Å². The van der Waals surface area contributed by atoms with Crippen LogP contribution in [0.4, 0.5) is 5.69 Å². The number of aryl methyl sites for hydroxylation is 3. The average Bonchev–Trinajstić information content (AvgIpc) is 3.06. The number of carbonyl (C=O) groups is 2. The van der Waals surface area contributed by atoms with Crippen molar-refractivity contribution in [3.05, 3.63) is 125 Å². The highest BCUT2D eigenvalue weighted by atomic mass is 32.2. The zero-order valence-corrected chi connectivity index (χ0v) is 28.7. The van der Waals surface area contributed by atoms with Crippen molar-refractivity contribution in [2.24, 2.45) is 0 Å². The molecule has 0 aliphatic carbocycles. The Labute approximate surface area is 279 Å². The maximum Gasteiger partial charge on any atom is 0.264 e. The van der Waals surface area contributed by atoms with Gasteiger partial charge >= 0.3 is 0 Å². The highest BCUT2D eigenvalue weighted by molar-refractivity contribution is 7.92. The van der Waals surface area contributed by atoms with E-state index < -0.39 is 28.5 Å². The van der Waals surface area contributed by atoms with Crippen molar-refractivity contribution in [1.82, 2.24) is 10.2 Å². The molecule has 2 amide bonds. The summed E-state index contributed by atoms with van der Waals surface area (Å²) in [6.45, 7) is 7.78. The van der Waals surface area contributed by atoms with Crippen molar-refractivity contribution in [1.29, 1.82) is 0 Å². The first-order chi connectivity index (χ1) is 22.5. The van der Waals surface area contributed by atoms with Gasteiger partial charge in [-0.05, 0) is 73.7 Å². The number of amides is 2. The van der Waals surface area contributed by atoms with E-state index in [-0.39, 0.29) is 29.5 Å². The van der Waals surface area contributed by atoms with Gasteiger partial charge < -0.3 is 15.0 Å². The van der Waals surface area contributed by atoms with Gasteiger partial charge in [-0.15, -0.1) is 0 Å². The van der Waals surface area contributed by atoms with Crippen molar-refractivity contribution < 1.29 is 22.7 Å². The Morgan fingerprint density at radius 3 is 2.17 bits per heavy atom. The van der Waals surface area contributed by atoms with E-state index in [1.807, 2.05) is 88.4 Å². The number of hydrogen-bond donors (Lipinski definition) is 1. The fraction of sp³-hybridized carbons (Fsp3) is 0.316. The smallest absolute Gasteiger partial charge is 0.264 e. The Kier molecular flexibility index (Phi) is 12.2. The Hall–Kier alpha value is -4.63. The molecule has 4 aromatic rings. The summed E-state index contributed by atoms with van der Waals surface area (Å²) in [7, 11) is -2.78. The van der Waals surface area contributed by atoms with Crippen LogP contribution in [-0.2, 0) is 32.6 Å². The van der Waals surface area contributed by atoms with E-state index in [0.29, 0.717) is 12.3 Å². The highest BCUT2D eigenvalue weighted by Crippen LogP contribution is 2.34. The number of anilines is 1. The molecular weight excluding hydrogens is 611 g/mol. The molecule has 0 aromatic heterocycles. The fourth-order valence-electron chi connectivity index (χ4n) is 5.38. The lowest BCUT2D eigenvalue weighted by atomic mass is 10.0. The number of nitrogens with zero attached hydrogens (tertiary/aromatic N) is 2. The quantitative estimate of drug-likeness (QED) is 0.150. The summed E-state index contributed by atoms with van der Waals surface area (Å²) in [4.78, 5) is 30.2. The molecule has 0 saturated carbocycles. The van der Waals surface area contributed by atoms with Gasteiger partial charge in [0, 0.05) is 19.5 Å². The molecule has 0 fully saturated rings. The van der Waals surface area contributed by atoms with E-state index in [9.17, 15) is 18.0 Å². The Balaban J connectivity index is 1.85. The third-order valence-electron chi connectivity index (χ3n) is 8.19. The summed E-state index contributed by atoms with van der Waals surface area (Å²) in [5.41, 5.74) is 4.65. The second-order valence-electron chi connectivity index (χ2n) is 11.8. The van der Waals surface area contributed by atoms with Crippen molar-refractivity contribution in [2.45, 2.75) is 64.4 Å². The van der Waals surface area contributed by atoms with Crippen LogP contribution in [0.3, 0.4) is 0 Å². The molecule has 4 aromatic carbocycles. The molecule has 1 atom stereocenters. The second-order valence-corrected chi connectivity index (χ2v) is 13.7. The van der Waals surface area contributed by atoms with Gasteiger partial charge in [-0.25, -0.2) is 8.42 Å². The van der Waals surface area contributed by atoms with Gasteiger partial charge in [-0.2, -0.15) is 0 Å². The first kappa shape index (κ1) is 35.2. The van der Waals surface area contributed by atoms with Gasteiger partial charge in [0.15, 0.2) is 0 Å². The minimum atomic E-state index is -4.25. The summed E-state index contributed by atoms with van der Waals surface area (Å²) < 4.78 is 35.5. The lowest BCUT2D eigenvalue weighted by Gasteiger charge is -2.34. The first-order valence-corrected chi connectivity index (χ1v) is 17.4. The lowest BCUT2D eigenvalue weighted by Crippen LogP contribution is -2.53. The molecule has 47 heavy (non-hydrogen) atoms. The second kappa shape index (κ2) is 16.3. The summed E-state index contributed by atoms with van der Waals surface area (Å²) in [5, 5.41) is 3.03. The minimum absolute atomic E-state index is 0.0445. The van der Waals surface area contributed by atoms with Gasteiger partial charge in [0.1, 0.15) is 18.3 Å². The number of rotatable bonds is 15. The zero-order valence-electron chi connectivity index (χ0n) is 27.9. The van der Waals surface area contributed by atoms with Crippen LogP contribution in [0, 0.1) is 20.8 Å². The largest absolute Gasteiger partial charge is 0.495 e. The van der Waals surface area contributed by atoms with Crippen LogP contribution in [0.5, 0.6) is 5.75 Å². The van der Waals surface area contributed by atoms with Crippen LogP contribution < -0.4 is 14.4 Å². The van der Waals surface area contributed by atoms with Gasteiger partial charge in [-0.3, -0.25) is 13.9 Å². The monoisotopic (exact) mass is 655 g/mol. The minimum Gasteiger partial charge on any atom is -0.495 e. The van der Waals surface area contributed by atoms with E-state index >= 15 is 0 Å². The molecule has 9 heteroatoms. The zero-order chi connectivity index (χ0) is 34.0. The van der Waals surface area contributed by atoms with E-state index in [0.717, 1.165) is 45.0 Å². The highest BCUT2D eigenvalue weighted by Gasteiger charge is 2.35. The molecule has 0 heterocycles. The molecular formula is C38H45N3O5S. The van der Waals surface area contributed by atoms with E-state index in [2.05, 4.69) is 5.32 Å². The molecule has 0 unspecified atom stereocenters. The predicted octanol–water partition coefficient (Wildman–Crippen LogP) is 6.37. The van der Waals surface area contributed by atoms with E-state index in [1.165, 1.54) is 24.1 Å². The Bertz CT molecular complexity index is 1760. The van der Waals surface area contributed by atoms with E-state index in [1.54, 1.807) is 24.3 Å². The molecule has 0 aliphatic heterocycles. The maximum atomic E-state index is 14.7. The van der Waals surface area contributed by atoms with E-state index in [4.69, 9.17) is 4.74 Å². The Morgan fingerprint density at radius 2 is 1.51 bits per heavy atom. The van der Waals surface area contributed by atoms with Crippen LogP contribution in [0.2, 0.25) is 0 Å². The number of nitrogens with one attached hydrogen (secondary N) is 1. The lowest BCUT2D eigenvalue weighted by molar-refractivity contribution is -0.140. The van der Waals surface area contributed by atoms with Crippen LogP contribution in [0.15, 0.2) is 102 Å². The van der Waals surface area contributed by atoms with Gasteiger partial charge in [-0.1, -0.05) is 91.7 Å². The third kappa shape index (κ3) is 9.01. The summed E-state index contributed by atoms with van der Waals surface area (Å²) in [6, 6.07) is 28.1. The number of carbonyl (C=O) groups excluding carboxylic acids is 2. The van der Waals surface area contributed by atoms with Crippen LogP contribution in [0.1, 0.15) is 47.6 Å². The Morgan fingerprint density at radius 1 is 0.851 bits per heavy atom. The SMILES string of the molecule is CCCCNC(=O)[C@@H](Cc1ccccc1)N(Cc1ccccc1C)C(=O)CN(c1cc(C)ccc1OC)S(=O)(=O)c1ccc(C)cc1. The predicted molar refractivity (Wildman–Crippen MR) is 187 cm³/mol. The molecule has 0 saturated heterocycles. The van der Waals surface area contributed by atoms with Crippen LogP contribution >= 0.6 is 0 Å². The molecule has 248 valence electrons. The number of unbranched alkanes of at least 4 members (excludes halogenated alkanes) is 1. The van der Waals surface area contributed by atoms with Crippen LogP contribution in [-0.4, -0.2) is 51.4 Å². The molecule has 0 aliphatic rings. The molecule has 0 spiro atoms. The number of methoxy groups -OCH3 is 1. The van der Waals surface area contributed by atoms with Crippen molar-refractivity contribution in [3.63, 3.8) is 0 Å². The average molecular weight is 656 g/mol. The fourth-order valence-corrected chi connectivity index (χ4v) is 6.79. The third-order valence-corrected chi connectivity index (χ3v) is 9.97. The summed E-state index contributed by atoms with van der Waals surface area (Å²) in [6.07, 6.45) is 1.96. The first-order valence-electron chi connectivity index (χ1n) is 15.9. The van der Waals surface area contributed by atoms with Crippen molar-refractivity contribution in [2.75, 3.05) is 24.5 Å². The van der Waals surface area contributed by atoms with Gasteiger partial charge in [0.05, 0.1) is 17.7 Å². The van der Waals surface area contributed by atoms with Gasteiger partial charge in [0.2, 0.25) is 11.8 Å². The number of ether oxygens (including phenoxy) is 1.